The van der Waals surface area contributed by atoms with Crippen molar-refractivity contribution >= 4 is 29.2 Å². The van der Waals surface area contributed by atoms with Crippen LogP contribution >= 0.6 is 11.6 Å². The molecule has 3 rings (SSSR count). The van der Waals surface area contributed by atoms with Crippen LogP contribution < -0.4 is 15.4 Å². The van der Waals surface area contributed by atoms with Crippen LogP contribution in [0.2, 0.25) is 5.28 Å². The minimum Gasteiger partial charge on any atom is -0.465 e. The maximum Gasteiger partial charge on any atom is 0.408 e. The van der Waals surface area contributed by atoms with Crippen LogP contribution in [0.15, 0.2) is 36.7 Å². The van der Waals surface area contributed by atoms with E-state index in [1.54, 1.807) is 45.0 Å². The van der Waals surface area contributed by atoms with E-state index in [2.05, 4.69) is 20.6 Å². The highest BCUT2D eigenvalue weighted by Gasteiger charge is 2.23. The third-order valence-corrected chi connectivity index (χ3v) is 3.64. The van der Waals surface area contributed by atoms with Gasteiger partial charge in [0.15, 0.2) is 11.6 Å². The predicted molar refractivity (Wildman–Crippen MR) is 98.6 cm³/mol. The summed E-state index contributed by atoms with van der Waals surface area (Å²) in [7, 11) is 0. The summed E-state index contributed by atoms with van der Waals surface area (Å²) < 4.78 is 24.6. The third kappa shape index (κ3) is 4.85. The van der Waals surface area contributed by atoms with Crippen molar-refractivity contribution in [2.24, 2.45) is 0 Å². The molecule has 2 heterocycles. The van der Waals surface area contributed by atoms with Crippen molar-refractivity contribution in [3.8, 4) is 5.75 Å². The topological polar surface area (TPSA) is 85.4 Å². The van der Waals surface area contributed by atoms with Crippen LogP contribution in [0.4, 0.5) is 20.7 Å². The van der Waals surface area contributed by atoms with E-state index >= 15 is 0 Å². The van der Waals surface area contributed by atoms with Crippen molar-refractivity contribution in [2.75, 3.05) is 5.32 Å². The van der Waals surface area contributed by atoms with Gasteiger partial charge in [-0.05, 0) is 56.6 Å². The largest absolute Gasteiger partial charge is 0.465 e. The smallest absolute Gasteiger partial charge is 0.408 e. The highest BCUT2D eigenvalue weighted by atomic mass is 35.5. The fraction of sp³-hybridized carbons (Fsp3) is 0.278. The number of benzene rings is 1. The number of carbonyl (C=O) groups excluding carboxylic acids is 1. The van der Waals surface area contributed by atoms with E-state index in [9.17, 15) is 9.18 Å². The van der Waals surface area contributed by atoms with Gasteiger partial charge >= 0.3 is 6.09 Å². The number of amides is 1. The summed E-state index contributed by atoms with van der Waals surface area (Å²) in [6.07, 6.45) is 3.59. The molecule has 1 atom stereocenters. The van der Waals surface area contributed by atoms with Gasteiger partial charge in [0, 0.05) is 11.3 Å². The number of hydrogen-bond acceptors (Lipinski definition) is 6. The van der Waals surface area contributed by atoms with Crippen LogP contribution in [0.1, 0.15) is 32.4 Å². The van der Waals surface area contributed by atoms with Crippen LogP contribution in [-0.4, -0.2) is 21.7 Å². The molecule has 142 valence electrons. The van der Waals surface area contributed by atoms with Crippen LogP contribution in [0.25, 0.3) is 0 Å². The van der Waals surface area contributed by atoms with Gasteiger partial charge in [0.05, 0.1) is 18.5 Å². The first-order valence-electron chi connectivity index (χ1n) is 8.13. The third-order valence-electron chi connectivity index (χ3n) is 3.46. The van der Waals surface area contributed by atoms with Crippen LogP contribution in [0.5, 0.6) is 5.75 Å². The lowest BCUT2D eigenvalue weighted by molar-refractivity contribution is 0.0512. The Hall–Kier alpha value is -2.87. The fourth-order valence-electron chi connectivity index (χ4n) is 2.40. The van der Waals surface area contributed by atoms with Gasteiger partial charge in [0.1, 0.15) is 11.4 Å². The number of fused-ring (bicyclic) bond motifs is 1. The van der Waals surface area contributed by atoms with E-state index in [1.807, 2.05) is 0 Å². The zero-order chi connectivity index (χ0) is 19.6. The average Bonchev–Trinajstić information content (AvgIpc) is 2.57. The molecule has 1 aliphatic heterocycles. The number of carbonyl (C=O) groups is 1. The molecule has 1 aromatic carbocycles. The Kier molecular flexibility index (Phi) is 5.18. The van der Waals surface area contributed by atoms with E-state index in [4.69, 9.17) is 21.1 Å². The molecular weight excluding hydrogens is 375 g/mol. The molecule has 0 fully saturated rings. The molecule has 0 spiro atoms. The van der Waals surface area contributed by atoms with Gasteiger partial charge in [-0.1, -0.05) is 0 Å². The standard InChI is InChI=1S/C18H18ClFN4O3/c1-18(2,3)27-17(25)23-13-6-7-26-14-5-4-10(8-11(13)14)22-15-12(20)9-21-16(19)24-15/h4-9,13H,1-3H3,(H,23,25)(H,21,22,24). The molecule has 0 aliphatic carbocycles. The van der Waals surface area contributed by atoms with Crippen LogP contribution in [0, 0.1) is 5.82 Å². The Morgan fingerprint density at radius 1 is 1.37 bits per heavy atom. The number of halogens is 2. The normalized spacial score (nSPS) is 15.5. The second-order valence-electron chi connectivity index (χ2n) is 6.78. The van der Waals surface area contributed by atoms with E-state index < -0.39 is 23.6 Å². The van der Waals surface area contributed by atoms with Crippen molar-refractivity contribution in [2.45, 2.75) is 32.4 Å². The zero-order valence-corrected chi connectivity index (χ0v) is 15.7. The molecular formula is C18H18ClFN4O3. The molecule has 2 N–H and O–H groups in total. The van der Waals surface area contributed by atoms with Crippen molar-refractivity contribution in [1.82, 2.24) is 15.3 Å². The summed E-state index contributed by atoms with van der Waals surface area (Å²) >= 11 is 5.71. The Balaban J connectivity index is 1.82. The number of aromatic nitrogens is 2. The average molecular weight is 393 g/mol. The molecule has 0 saturated carbocycles. The van der Waals surface area contributed by atoms with Crippen LogP contribution in [0.3, 0.4) is 0 Å². The highest BCUT2D eigenvalue weighted by molar-refractivity contribution is 6.28. The SMILES string of the molecule is CC(C)(C)OC(=O)NC1C=COc2ccc(Nc3nc(Cl)ncc3F)cc21. The number of nitrogens with one attached hydrogen (secondary N) is 2. The number of anilines is 2. The molecule has 27 heavy (non-hydrogen) atoms. The summed E-state index contributed by atoms with van der Waals surface area (Å²) in [4.78, 5) is 19.5. The number of hydrogen-bond donors (Lipinski definition) is 2. The minimum atomic E-state index is -0.642. The quantitative estimate of drug-likeness (QED) is 0.749. The molecule has 1 aliphatic rings. The van der Waals surface area contributed by atoms with Crippen molar-refractivity contribution in [3.05, 3.63) is 53.4 Å². The maximum absolute atomic E-state index is 13.8. The molecule has 9 heteroatoms. The van der Waals surface area contributed by atoms with E-state index in [0.717, 1.165) is 6.20 Å². The first-order valence-corrected chi connectivity index (χ1v) is 8.51. The lowest BCUT2D eigenvalue weighted by Gasteiger charge is -2.25. The number of rotatable bonds is 3. The molecule has 1 aromatic heterocycles. The molecule has 0 bridgehead atoms. The summed E-state index contributed by atoms with van der Waals surface area (Å²) in [6.45, 7) is 5.34. The Bertz CT molecular complexity index is 899. The van der Waals surface area contributed by atoms with Crippen LogP contribution in [-0.2, 0) is 4.74 Å². The van der Waals surface area contributed by atoms with Gasteiger partial charge < -0.3 is 20.1 Å². The van der Waals surface area contributed by atoms with Gasteiger partial charge in [-0.25, -0.2) is 14.2 Å². The number of ether oxygens (including phenoxy) is 2. The Morgan fingerprint density at radius 2 is 2.15 bits per heavy atom. The van der Waals surface area contributed by atoms with Gasteiger partial charge in [0.2, 0.25) is 5.28 Å². The van der Waals surface area contributed by atoms with Crippen molar-refractivity contribution < 1.29 is 18.7 Å². The molecule has 0 radical (unpaired) electrons. The predicted octanol–water partition coefficient (Wildman–Crippen LogP) is 4.48. The van der Waals surface area contributed by atoms with Crippen molar-refractivity contribution in [3.63, 3.8) is 0 Å². The first kappa shape index (κ1) is 18.9. The zero-order valence-electron chi connectivity index (χ0n) is 14.9. The molecule has 2 aromatic rings. The maximum atomic E-state index is 13.8. The molecule has 1 amide bonds. The molecule has 0 saturated heterocycles. The summed E-state index contributed by atoms with van der Waals surface area (Å²) in [5.74, 6) is -0.138. The van der Waals surface area contributed by atoms with E-state index in [0.29, 0.717) is 17.0 Å². The van der Waals surface area contributed by atoms with Gasteiger partial charge in [-0.15, -0.1) is 0 Å². The highest BCUT2D eigenvalue weighted by Crippen LogP contribution is 2.33. The Morgan fingerprint density at radius 3 is 2.89 bits per heavy atom. The first-order chi connectivity index (χ1) is 12.7. The minimum absolute atomic E-state index is 0.0566. The van der Waals surface area contributed by atoms with Gasteiger partial charge in [-0.3, -0.25) is 0 Å². The van der Waals surface area contributed by atoms with E-state index in [1.165, 1.54) is 6.26 Å². The lowest BCUT2D eigenvalue weighted by Crippen LogP contribution is -2.35. The number of nitrogens with zero attached hydrogens (tertiary/aromatic N) is 2. The summed E-state index contributed by atoms with van der Waals surface area (Å²) in [5.41, 5.74) is 0.598. The number of alkyl carbamates (subject to hydrolysis) is 1. The monoisotopic (exact) mass is 392 g/mol. The van der Waals surface area contributed by atoms with Gasteiger partial charge in [0.25, 0.3) is 0 Å². The second-order valence-corrected chi connectivity index (χ2v) is 7.12. The summed E-state index contributed by atoms with van der Waals surface area (Å²) in [6, 6.07) is 4.64. The van der Waals surface area contributed by atoms with Crippen molar-refractivity contribution in [1.29, 1.82) is 0 Å². The fourth-order valence-corrected chi connectivity index (χ4v) is 2.54. The Labute approximate surface area is 160 Å². The summed E-state index contributed by atoms with van der Waals surface area (Å²) in [5, 5.41) is 5.53. The molecule has 7 nitrogen and oxygen atoms in total. The van der Waals surface area contributed by atoms with E-state index in [-0.39, 0.29) is 11.1 Å². The van der Waals surface area contributed by atoms with Gasteiger partial charge in [-0.2, -0.15) is 4.98 Å². The lowest BCUT2D eigenvalue weighted by atomic mass is 10.0. The molecule has 1 unspecified atom stereocenters. The second kappa shape index (κ2) is 7.40.